The van der Waals surface area contributed by atoms with Crippen molar-refractivity contribution in [3.63, 3.8) is 0 Å². The number of nitrogens with one attached hydrogen (secondary N) is 1. The number of hydrogen-bond donors (Lipinski definition) is 1. The van der Waals surface area contributed by atoms with Crippen molar-refractivity contribution in [1.29, 1.82) is 0 Å². The number of aromatic nitrogens is 4. The average Bonchev–Trinajstić information content (AvgIpc) is 3.26. The van der Waals surface area contributed by atoms with Crippen LogP contribution in [0.3, 0.4) is 0 Å². The Morgan fingerprint density at radius 1 is 1.33 bits per heavy atom. The molecule has 0 fully saturated rings. The van der Waals surface area contributed by atoms with Crippen LogP contribution >= 0.6 is 39.1 Å². The van der Waals surface area contributed by atoms with Crippen molar-refractivity contribution in [3.05, 3.63) is 57.9 Å². The van der Waals surface area contributed by atoms with Crippen molar-refractivity contribution in [2.75, 3.05) is 12.4 Å². The van der Waals surface area contributed by atoms with Gasteiger partial charge in [0, 0.05) is 12.3 Å². The SMILES string of the molecule is COc1cccc2snc(NC(=O)c3cc(Br)nn3-c3ncccc3Cl)c12. The number of carbonyl (C=O) groups excluding carboxylic acids is 1. The van der Waals surface area contributed by atoms with Crippen molar-refractivity contribution in [2.45, 2.75) is 0 Å². The van der Waals surface area contributed by atoms with Crippen molar-refractivity contribution in [1.82, 2.24) is 19.1 Å². The van der Waals surface area contributed by atoms with Gasteiger partial charge in [-0.25, -0.2) is 9.67 Å². The van der Waals surface area contributed by atoms with Crippen LogP contribution < -0.4 is 10.1 Å². The Hall–Kier alpha value is -2.49. The van der Waals surface area contributed by atoms with Crippen LogP contribution in [0.15, 0.2) is 47.2 Å². The predicted molar refractivity (Wildman–Crippen MR) is 108 cm³/mol. The second-order valence-electron chi connectivity index (χ2n) is 5.39. The molecule has 3 heterocycles. The van der Waals surface area contributed by atoms with Gasteiger partial charge in [-0.1, -0.05) is 17.7 Å². The maximum absolute atomic E-state index is 12.9. The fourth-order valence-electron chi connectivity index (χ4n) is 2.60. The molecular formula is C17H11BrClN5O2S. The quantitative estimate of drug-likeness (QED) is 0.479. The Kier molecular flexibility index (Phi) is 4.81. The first-order valence-corrected chi connectivity index (χ1v) is 9.63. The van der Waals surface area contributed by atoms with Gasteiger partial charge in [-0.2, -0.15) is 9.47 Å². The molecule has 0 saturated carbocycles. The third-order valence-corrected chi connectivity index (χ3v) is 5.26. The second kappa shape index (κ2) is 7.26. The zero-order valence-corrected chi connectivity index (χ0v) is 17.0. The Bertz CT molecular complexity index is 1160. The molecule has 136 valence electrons. The van der Waals surface area contributed by atoms with Crippen LogP contribution in [0.2, 0.25) is 5.02 Å². The number of ether oxygens (including phenoxy) is 1. The summed E-state index contributed by atoms with van der Waals surface area (Å²) in [4.78, 5) is 17.1. The summed E-state index contributed by atoms with van der Waals surface area (Å²) in [6.07, 6.45) is 1.58. The summed E-state index contributed by atoms with van der Waals surface area (Å²) < 4.78 is 12.5. The van der Waals surface area contributed by atoms with Gasteiger partial charge < -0.3 is 10.1 Å². The second-order valence-corrected chi connectivity index (χ2v) is 7.42. The zero-order valence-electron chi connectivity index (χ0n) is 13.8. The molecule has 0 aliphatic rings. The van der Waals surface area contributed by atoms with Crippen molar-refractivity contribution < 1.29 is 9.53 Å². The Morgan fingerprint density at radius 3 is 2.96 bits per heavy atom. The summed E-state index contributed by atoms with van der Waals surface area (Å²) >= 11 is 10.8. The van der Waals surface area contributed by atoms with Crippen LogP contribution in [0.1, 0.15) is 10.5 Å². The van der Waals surface area contributed by atoms with Crippen LogP contribution in [0.5, 0.6) is 5.75 Å². The molecule has 0 unspecified atom stereocenters. The van der Waals surface area contributed by atoms with E-state index in [1.165, 1.54) is 16.2 Å². The lowest BCUT2D eigenvalue weighted by Gasteiger charge is -2.08. The molecular weight excluding hydrogens is 454 g/mol. The lowest BCUT2D eigenvalue weighted by Crippen LogP contribution is -2.18. The van der Waals surface area contributed by atoms with E-state index in [0.717, 1.165) is 10.1 Å². The largest absolute Gasteiger partial charge is 0.496 e. The lowest BCUT2D eigenvalue weighted by molar-refractivity contribution is 0.101. The van der Waals surface area contributed by atoms with E-state index in [4.69, 9.17) is 16.3 Å². The summed E-state index contributed by atoms with van der Waals surface area (Å²) in [6, 6.07) is 10.6. The average molecular weight is 465 g/mol. The molecule has 27 heavy (non-hydrogen) atoms. The van der Waals surface area contributed by atoms with Crippen LogP contribution in [-0.2, 0) is 0 Å². The van der Waals surface area contributed by atoms with Gasteiger partial charge in [-0.15, -0.1) is 0 Å². The van der Waals surface area contributed by atoms with Gasteiger partial charge in [0.05, 0.1) is 22.2 Å². The highest BCUT2D eigenvalue weighted by Crippen LogP contribution is 2.35. The number of carbonyl (C=O) groups is 1. The minimum absolute atomic E-state index is 0.263. The fourth-order valence-corrected chi connectivity index (χ4v) is 3.93. The summed E-state index contributed by atoms with van der Waals surface area (Å²) in [6.45, 7) is 0. The number of benzene rings is 1. The van der Waals surface area contributed by atoms with Gasteiger partial charge in [0.25, 0.3) is 5.91 Å². The number of fused-ring (bicyclic) bond motifs is 1. The highest BCUT2D eigenvalue weighted by atomic mass is 79.9. The van der Waals surface area contributed by atoms with Crippen LogP contribution in [0, 0.1) is 0 Å². The maximum atomic E-state index is 12.9. The number of amides is 1. The van der Waals surface area contributed by atoms with E-state index in [2.05, 4.69) is 35.7 Å². The van der Waals surface area contributed by atoms with Crippen LogP contribution in [0.4, 0.5) is 5.82 Å². The monoisotopic (exact) mass is 463 g/mol. The molecule has 4 aromatic rings. The standard InChI is InChI=1S/C17H11BrClN5O2S/c1-26-11-5-2-6-12-14(11)15(23-27-12)21-17(25)10-8-13(18)22-24(10)16-9(19)4-3-7-20-16/h2-8H,1H3,(H,21,23,25). The Balaban J connectivity index is 1.75. The Morgan fingerprint density at radius 2 is 2.19 bits per heavy atom. The van der Waals surface area contributed by atoms with Crippen molar-refractivity contribution >= 4 is 60.9 Å². The number of halogens is 2. The number of hydrogen-bond acceptors (Lipinski definition) is 6. The molecule has 0 atom stereocenters. The lowest BCUT2D eigenvalue weighted by atomic mass is 10.2. The number of methoxy groups -OCH3 is 1. The van der Waals surface area contributed by atoms with Gasteiger partial charge in [-0.3, -0.25) is 4.79 Å². The van der Waals surface area contributed by atoms with E-state index < -0.39 is 5.91 Å². The Labute approximate surface area is 171 Å². The molecule has 4 rings (SSSR count). The number of anilines is 1. The molecule has 1 amide bonds. The molecule has 0 aliphatic carbocycles. The molecule has 0 bridgehead atoms. The van der Waals surface area contributed by atoms with Crippen molar-refractivity contribution in [2.24, 2.45) is 0 Å². The number of pyridine rings is 1. The normalized spacial score (nSPS) is 10.9. The predicted octanol–water partition coefficient (Wildman–Crippen LogP) is 4.55. The topological polar surface area (TPSA) is 81.9 Å². The van der Waals surface area contributed by atoms with Gasteiger partial charge in [0.2, 0.25) is 0 Å². The molecule has 1 aromatic carbocycles. The minimum Gasteiger partial charge on any atom is -0.496 e. The first kappa shape index (κ1) is 17.9. The van der Waals surface area contributed by atoms with Crippen molar-refractivity contribution in [3.8, 4) is 11.6 Å². The highest BCUT2D eigenvalue weighted by Gasteiger charge is 2.21. The van der Waals surface area contributed by atoms with E-state index >= 15 is 0 Å². The molecule has 0 aliphatic heterocycles. The van der Waals surface area contributed by atoms with Gasteiger partial charge in [-0.05, 0) is 51.7 Å². The summed E-state index contributed by atoms with van der Waals surface area (Å²) in [5.74, 6) is 1.02. The third-order valence-electron chi connectivity index (χ3n) is 3.76. The van der Waals surface area contributed by atoms with Gasteiger partial charge in [0.1, 0.15) is 16.0 Å². The third kappa shape index (κ3) is 3.29. The van der Waals surface area contributed by atoms with Gasteiger partial charge in [0.15, 0.2) is 11.6 Å². The molecule has 10 heteroatoms. The number of nitrogens with zero attached hydrogens (tertiary/aromatic N) is 4. The first-order chi connectivity index (χ1) is 13.1. The molecule has 0 radical (unpaired) electrons. The smallest absolute Gasteiger partial charge is 0.275 e. The zero-order chi connectivity index (χ0) is 19.0. The fraction of sp³-hybridized carbons (Fsp3) is 0.0588. The highest BCUT2D eigenvalue weighted by molar-refractivity contribution is 9.10. The van der Waals surface area contributed by atoms with E-state index in [0.29, 0.717) is 27.0 Å². The minimum atomic E-state index is -0.395. The van der Waals surface area contributed by atoms with E-state index in [1.54, 1.807) is 31.5 Å². The first-order valence-electron chi connectivity index (χ1n) is 7.68. The summed E-state index contributed by atoms with van der Waals surface area (Å²) in [5.41, 5.74) is 0.263. The van der Waals surface area contributed by atoms with E-state index in [-0.39, 0.29) is 5.69 Å². The molecule has 0 saturated heterocycles. The molecule has 0 spiro atoms. The van der Waals surface area contributed by atoms with E-state index in [9.17, 15) is 4.79 Å². The molecule has 1 N–H and O–H groups in total. The molecule has 3 aromatic heterocycles. The van der Waals surface area contributed by atoms with E-state index in [1.807, 2.05) is 18.2 Å². The van der Waals surface area contributed by atoms with Crippen LogP contribution in [0.25, 0.3) is 15.9 Å². The maximum Gasteiger partial charge on any atom is 0.275 e. The molecule has 7 nitrogen and oxygen atoms in total. The van der Waals surface area contributed by atoms with Gasteiger partial charge >= 0.3 is 0 Å². The number of rotatable bonds is 4. The summed E-state index contributed by atoms with van der Waals surface area (Å²) in [5, 5.41) is 8.23. The van der Waals surface area contributed by atoms with Crippen LogP contribution in [-0.4, -0.2) is 32.2 Å². The summed E-state index contributed by atoms with van der Waals surface area (Å²) in [7, 11) is 1.58.